The summed E-state index contributed by atoms with van der Waals surface area (Å²) in [4.78, 5) is 22.9. The number of carbonyl (C=O) groups excluding carboxylic acids is 1. The van der Waals surface area contributed by atoms with Crippen molar-refractivity contribution < 1.29 is 27.8 Å². The van der Waals surface area contributed by atoms with Gasteiger partial charge in [0.25, 0.3) is 0 Å². The number of amides is 1. The van der Waals surface area contributed by atoms with Crippen LogP contribution >= 0.6 is 0 Å². The lowest BCUT2D eigenvalue weighted by molar-refractivity contribution is -0.126. The van der Waals surface area contributed by atoms with Crippen LogP contribution in [0.25, 0.3) is 22.0 Å². The van der Waals surface area contributed by atoms with Crippen LogP contribution in [0, 0.1) is 11.6 Å². The van der Waals surface area contributed by atoms with Gasteiger partial charge in [-0.3, -0.25) is 4.79 Å². The second-order valence-electron chi connectivity index (χ2n) is 10.8. The molecule has 1 atom stereocenters. The van der Waals surface area contributed by atoms with Crippen molar-refractivity contribution in [2.24, 2.45) is 0 Å². The molecule has 2 saturated heterocycles. The van der Waals surface area contributed by atoms with Crippen LogP contribution in [-0.2, 0) is 9.53 Å². The summed E-state index contributed by atoms with van der Waals surface area (Å²) in [5.41, 5.74) is 2.79. The summed E-state index contributed by atoms with van der Waals surface area (Å²) in [6.45, 7) is 6.02. The topological polar surface area (TPSA) is 97.8 Å². The number of hydrogen-bond donors (Lipinski definition) is 2. The van der Waals surface area contributed by atoms with Crippen LogP contribution in [0.2, 0.25) is 0 Å². The molecule has 228 valence electrons. The number of hydrogen-bond acceptors (Lipinski definition) is 8. The summed E-state index contributed by atoms with van der Waals surface area (Å²) in [5.74, 6) is 0.319. The molecule has 1 aromatic heterocycles. The van der Waals surface area contributed by atoms with Crippen LogP contribution in [0.5, 0.6) is 11.5 Å². The van der Waals surface area contributed by atoms with Crippen molar-refractivity contribution >= 4 is 34.0 Å². The molecule has 11 heteroatoms. The Morgan fingerprint density at radius 3 is 2.61 bits per heavy atom. The second-order valence-corrected chi connectivity index (χ2v) is 10.8. The van der Waals surface area contributed by atoms with Crippen LogP contribution in [-0.4, -0.2) is 66.3 Å². The standard InChI is InChI=1S/C33H33F2N5O4/c1-3-32(41)40-11-8-22(9-12-40)38-29-16-25-27(17-31(29)44-23-10-13-43-18-23)36-19-37-33(25)39-28-14-20(4-7-30(28)42-2)24-6-5-21(34)15-26(24)35/h3-7,14-17,19,22-23,38H,1,8-13,18H2,2H3,(H,36,37,39)/t23-/m1/s1. The third kappa shape index (κ3) is 6.28. The Kier molecular flexibility index (Phi) is 8.56. The average Bonchev–Trinajstić information content (AvgIpc) is 3.55. The molecule has 0 aliphatic carbocycles. The molecule has 0 saturated carbocycles. The molecule has 0 spiro atoms. The highest BCUT2D eigenvalue weighted by atomic mass is 19.1. The summed E-state index contributed by atoms with van der Waals surface area (Å²) < 4.78 is 45.7. The van der Waals surface area contributed by atoms with Crippen molar-refractivity contribution in [2.75, 3.05) is 44.0 Å². The summed E-state index contributed by atoms with van der Waals surface area (Å²) >= 11 is 0. The van der Waals surface area contributed by atoms with Gasteiger partial charge in [0, 0.05) is 48.6 Å². The fourth-order valence-corrected chi connectivity index (χ4v) is 5.60. The number of rotatable bonds is 9. The number of likely N-dealkylation sites (tertiary alicyclic amines) is 1. The quantitative estimate of drug-likeness (QED) is 0.223. The van der Waals surface area contributed by atoms with Gasteiger partial charge in [0.2, 0.25) is 5.91 Å². The molecular weight excluding hydrogens is 568 g/mol. The van der Waals surface area contributed by atoms with E-state index in [4.69, 9.17) is 14.2 Å². The molecule has 1 amide bonds. The maximum atomic E-state index is 14.6. The van der Waals surface area contributed by atoms with E-state index in [9.17, 15) is 13.6 Å². The van der Waals surface area contributed by atoms with Crippen molar-refractivity contribution in [2.45, 2.75) is 31.4 Å². The lowest BCUT2D eigenvalue weighted by Gasteiger charge is -2.32. The van der Waals surface area contributed by atoms with Crippen LogP contribution in [0.4, 0.5) is 26.0 Å². The Morgan fingerprint density at radius 2 is 1.89 bits per heavy atom. The lowest BCUT2D eigenvalue weighted by Crippen LogP contribution is -2.41. The monoisotopic (exact) mass is 601 g/mol. The van der Waals surface area contributed by atoms with Crippen LogP contribution in [0.1, 0.15) is 19.3 Å². The smallest absolute Gasteiger partial charge is 0.245 e. The first-order valence-corrected chi connectivity index (χ1v) is 14.5. The number of anilines is 3. The van der Waals surface area contributed by atoms with E-state index < -0.39 is 11.6 Å². The molecule has 6 rings (SSSR count). The van der Waals surface area contributed by atoms with E-state index >= 15 is 0 Å². The molecule has 2 fully saturated rings. The van der Waals surface area contributed by atoms with E-state index in [0.29, 0.717) is 60.4 Å². The highest BCUT2D eigenvalue weighted by Gasteiger charge is 2.25. The highest BCUT2D eigenvalue weighted by Crippen LogP contribution is 2.38. The van der Waals surface area contributed by atoms with Gasteiger partial charge < -0.3 is 29.7 Å². The minimum atomic E-state index is -0.663. The maximum absolute atomic E-state index is 14.6. The lowest BCUT2D eigenvalue weighted by atomic mass is 10.0. The Bertz CT molecular complexity index is 1690. The van der Waals surface area contributed by atoms with Crippen molar-refractivity contribution in [3.05, 3.63) is 79.1 Å². The van der Waals surface area contributed by atoms with Crippen molar-refractivity contribution in [1.29, 1.82) is 0 Å². The summed E-state index contributed by atoms with van der Waals surface area (Å²) in [5, 5.41) is 7.71. The Morgan fingerprint density at radius 1 is 1.05 bits per heavy atom. The van der Waals surface area contributed by atoms with Crippen LogP contribution < -0.4 is 20.1 Å². The van der Waals surface area contributed by atoms with Crippen LogP contribution in [0.15, 0.2) is 67.5 Å². The van der Waals surface area contributed by atoms with Gasteiger partial charge in [-0.15, -0.1) is 0 Å². The van der Waals surface area contributed by atoms with Crippen molar-refractivity contribution in [1.82, 2.24) is 14.9 Å². The number of methoxy groups -OCH3 is 1. The third-order valence-electron chi connectivity index (χ3n) is 7.95. The van der Waals surface area contributed by atoms with Gasteiger partial charge in [0.05, 0.1) is 37.2 Å². The van der Waals surface area contributed by atoms with E-state index in [1.807, 2.05) is 12.1 Å². The number of benzene rings is 3. The van der Waals surface area contributed by atoms with E-state index in [-0.39, 0.29) is 23.6 Å². The molecule has 2 aliphatic heterocycles. The number of carbonyl (C=O) groups is 1. The first kappa shape index (κ1) is 29.3. The number of aromatic nitrogens is 2. The minimum absolute atomic E-state index is 0.0612. The van der Waals surface area contributed by atoms with Gasteiger partial charge in [-0.2, -0.15) is 0 Å². The fraction of sp³-hybridized carbons (Fsp3) is 0.303. The summed E-state index contributed by atoms with van der Waals surface area (Å²) in [6.07, 6.45) is 5.07. The number of ether oxygens (including phenoxy) is 3. The highest BCUT2D eigenvalue weighted by molar-refractivity contribution is 5.95. The fourth-order valence-electron chi connectivity index (χ4n) is 5.60. The zero-order chi connectivity index (χ0) is 30.6. The van der Waals surface area contributed by atoms with E-state index in [1.54, 1.807) is 30.2 Å². The Balaban J connectivity index is 1.34. The molecule has 9 nitrogen and oxygen atoms in total. The van der Waals surface area contributed by atoms with E-state index in [2.05, 4.69) is 27.2 Å². The van der Waals surface area contributed by atoms with Crippen molar-refractivity contribution in [3.8, 4) is 22.6 Å². The number of fused-ring (bicyclic) bond motifs is 1. The minimum Gasteiger partial charge on any atom is -0.495 e. The number of halogens is 2. The predicted molar refractivity (Wildman–Crippen MR) is 164 cm³/mol. The number of nitrogens with zero attached hydrogens (tertiary/aromatic N) is 3. The van der Waals surface area contributed by atoms with E-state index in [1.165, 1.54) is 24.5 Å². The SMILES string of the molecule is C=CC(=O)N1CCC(Nc2cc3c(Nc4cc(-c5ccc(F)cc5F)ccc4OC)ncnc3cc2O[C@@H]2CCOC2)CC1. The van der Waals surface area contributed by atoms with Crippen molar-refractivity contribution in [3.63, 3.8) is 0 Å². The first-order chi connectivity index (χ1) is 21.4. The molecule has 3 aromatic carbocycles. The van der Waals surface area contributed by atoms with Gasteiger partial charge in [-0.1, -0.05) is 12.6 Å². The second kappa shape index (κ2) is 12.8. The number of piperidine rings is 1. The molecular formula is C33H33F2N5O4. The summed E-state index contributed by atoms with van der Waals surface area (Å²) in [7, 11) is 1.54. The third-order valence-corrected chi connectivity index (χ3v) is 7.95. The van der Waals surface area contributed by atoms with Gasteiger partial charge in [-0.05, 0) is 54.8 Å². The predicted octanol–water partition coefficient (Wildman–Crippen LogP) is 6.08. The Hall–Kier alpha value is -4.77. The molecule has 0 unspecified atom stereocenters. The first-order valence-electron chi connectivity index (χ1n) is 14.5. The number of nitrogens with one attached hydrogen (secondary N) is 2. The molecule has 3 heterocycles. The van der Waals surface area contributed by atoms with Crippen LogP contribution in [0.3, 0.4) is 0 Å². The molecule has 2 N–H and O–H groups in total. The van der Waals surface area contributed by atoms with Gasteiger partial charge in [0.1, 0.15) is 41.4 Å². The largest absolute Gasteiger partial charge is 0.495 e. The van der Waals surface area contributed by atoms with Gasteiger partial charge in [0.15, 0.2) is 0 Å². The van der Waals surface area contributed by atoms with Gasteiger partial charge >= 0.3 is 0 Å². The Labute approximate surface area is 253 Å². The molecule has 44 heavy (non-hydrogen) atoms. The molecule has 0 bridgehead atoms. The normalized spacial score (nSPS) is 17.0. The molecule has 4 aromatic rings. The zero-order valence-corrected chi connectivity index (χ0v) is 24.3. The van der Waals surface area contributed by atoms with E-state index in [0.717, 1.165) is 36.4 Å². The summed E-state index contributed by atoms with van der Waals surface area (Å²) in [6, 6.07) is 12.6. The maximum Gasteiger partial charge on any atom is 0.245 e. The zero-order valence-electron chi connectivity index (χ0n) is 24.3. The van der Waals surface area contributed by atoms with Gasteiger partial charge in [-0.25, -0.2) is 18.7 Å². The average molecular weight is 602 g/mol. The molecule has 2 aliphatic rings. The molecule has 0 radical (unpaired) electrons.